The molecule has 98 valence electrons. The highest BCUT2D eigenvalue weighted by Crippen LogP contribution is 2.16. The highest BCUT2D eigenvalue weighted by molar-refractivity contribution is 5.85. The first kappa shape index (κ1) is 16.7. The zero-order chi connectivity index (χ0) is 10.5. The first-order chi connectivity index (χ1) is 7.40. The summed E-state index contributed by atoms with van der Waals surface area (Å²) in [7, 11) is 2.05. The molecule has 4 heteroatoms. The van der Waals surface area contributed by atoms with Gasteiger partial charge in [0, 0.05) is 12.6 Å². The lowest BCUT2D eigenvalue weighted by molar-refractivity contribution is 0.299. The summed E-state index contributed by atoms with van der Waals surface area (Å²) in [5.74, 6) is 0. The molecule has 1 fully saturated rings. The van der Waals surface area contributed by atoms with E-state index in [0.29, 0.717) is 6.04 Å². The fourth-order valence-corrected chi connectivity index (χ4v) is 2.27. The lowest BCUT2D eigenvalue weighted by atomic mass is 10.1. The van der Waals surface area contributed by atoms with Crippen LogP contribution in [0.25, 0.3) is 0 Å². The van der Waals surface area contributed by atoms with Gasteiger partial charge in [0.05, 0.1) is 0 Å². The van der Waals surface area contributed by atoms with Gasteiger partial charge in [0.2, 0.25) is 0 Å². The summed E-state index contributed by atoms with van der Waals surface area (Å²) in [6.45, 7) is 3.68. The summed E-state index contributed by atoms with van der Waals surface area (Å²) < 4.78 is 0. The van der Waals surface area contributed by atoms with Crippen molar-refractivity contribution < 1.29 is 0 Å². The van der Waals surface area contributed by atoms with Crippen molar-refractivity contribution in [2.24, 2.45) is 0 Å². The van der Waals surface area contributed by atoms with Crippen molar-refractivity contribution in [3.8, 4) is 0 Å². The lowest BCUT2D eigenvalue weighted by Gasteiger charge is -2.23. The van der Waals surface area contributed by atoms with Crippen LogP contribution in [0.3, 0.4) is 0 Å². The van der Waals surface area contributed by atoms with Gasteiger partial charge in [0.25, 0.3) is 0 Å². The lowest BCUT2D eigenvalue weighted by Crippen LogP contribution is -2.31. The fraction of sp³-hybridized carbons (Fsp3) is 0.538. The Morgan fingerprint density at radius 2 is 1.71 bits per heavy atom. The van der Waals surface area contributed by atoms with E-state index in [1.807, 2.05) is 7.05 Å². The van der Waals surface area contributed by atoms with Crippen LogP contribution in [0.1, 0.15) is 24.4 Å². The van der Waals surface area contributed by atoms with Crippen LogP contribution in [0.2, 0.25) is 0 Å². The first-order valence-corrected chi connectivity index (χ1v) is 5.84. The Hall–Kier alpha value is -0.280. The monoisotopic (exact) mass is 276 g/mol. The summed E-state index contributed by atoms with van der Waals surface area (Å²) in [6.07, 6.45) is 2.73. The minimum Gasteiger partial charge on any atom is -0.312 e. The topological polar surface area (TPSA) is 15.3 Å². The maximum atomic E-state index is 3.40. The van der Waals surface area contributed by atoms with E-state index in [1.165, 1.54) is 31.5 Å². The molecule has 1 saturated heterocycles. The highest BCUT2D eigenvalue weighted by Gasteiger charge is 2.17. The van der Waals surface area contributed by atoms with Crippen LogP contribution in [-0.2, 0) is 0 Å². The summed E-state index contributed by atoms with van der Waals surface area (Å²) >= 11 is 0. The molecular formula is C13H22Cl2N2. The molecule has 0 saturated carbocycles. The highest BCUT2D eigenvalue weighted by atomic mass is 35.5. The number of nitrogens with one attached hydrogen (secondary N) is 1. The van der Waals surface area contributed by atoms with Gasteiger partial charge in [-0.05, 0) is 38.5 Å². The van der Waals surface area contributed by atoms with Crippen LogP contribution in [0, 0.1) is 0 Å². The predicted octanol–water partition coefficient (Wildman–Crippen LogP) is 2.89. The van der Waals surface area contributed by atoms with Gasteiger partial charge in [0.15, 0.2) is 0 Å². The van der Waals surface area contributed by atoms with Crippen molar-refractivity contribution in [2.45, 2.75) is 18.9 Å². The van der Waals surface area contributed by atoms with Crippen LogP contribution in [0.15, 0.2) is 30.3 Å². The van der Waals surface area contributed by atoms with E-state index in [1.54, 1.807) is 0 Å². The van der Waals surface area contributed by atoms with Crippen molar-refractivity contribution >= 4 is 24.8 Å². The number of benzene rings is 1. The third kappa shape index (κ3) is 4.84. The van der Waals surface area contributed by atoms with E-state index in [-0.39, 0.29) is 24.8 Å². The Kier molecular flexibility index (Phi) is 8.61. The van der Waals surface area contributed by atoms with Crippen LogP contribution in [0.5, 0.6) is 0 Å². The molecule has 0 unspecified atom stereocenters. The molecule has 1 heterocycles. The Morgan fingerprint density at radius 1 is 1.12 bits per heavy atom. The largest absolute Gasteiger partial charge is 0.312 e. The average Bonchev–Trinajstić information content (AvgIpc) is 2.80. The van der Waals surface area contributed by atoms with Gasteiger partial charge in [-0.25, -0.2) is 0 Å². The predicted molar refractivity (Wildman–Crippen MR) is 78.4 cm³/mol. The third-order valence-corrected chi connectivity index (χ3v) is 3.19. The van der Waals surface area contributed by atoms with E-state index in [0.717, 1.165) is 6.54 Å². The van der Waals surface area contributed by atoms with Gasteiger partial charge >= 0.3 is 0 Å². The molecule has 0 bridgehead atoms. The van der Waals surface area contributed by atoms with Crippen molar-refractivity contribution in [1.82, 2.24) is 10.2 Å². The van der Waals surface area contributed by atoms with Gasteiger partial charge in [-0.15, -0.1) is 24.8 Å². The zero-order valence-corrected chi connectivity index (χ0v) is 11.9. The molecule has 2 nitrogen and oxygen atoms in total. The number of rotatable bonds is 4. The molecule has 1 aromatic carbocycles. The second-order valence-electron chi connectivity index (χ2n) is 4.26. The van der Waals surface area contributed by atoms with Crippen LogP contribution in [0.4, 0.5) is 0 Å². The summed E-state index contributed by atoms with van der Waals surface area (Å²) in [5, 5.41) is 3.40. The van der Waals surface area contributed by atoms with Crippen molar-refractivity contribution in [3.05, 3.63) is 35.9 Å². The van der Waals surface area contributed by atoms with Gasteiger partial charge in [-0.3, -0.25) is 0 Å². The average molecular weight is 277 g/mol. The van der Waals surface area contributed by atoms with Gasteiger partial charge in [-0.2, -0.15) is 0 Å². The molecule has 0 aromatic heterocycles. The van der Waals surface area contributed by atoms with Crippen LogP contribution < -0.4 is 5.32 Å². The Balaban J connectivity index is 0.00000128. The molecule has 0 spiro atoms. The molecule has 0 aliphatic carbocycles. The smallest absolute Gasteiger partial charge is 0.0446 e. The molecule has 0 radical (unpaired) electrons. The van der Waals surface area contributed by atoms with Crippen LogP contribution >= 0.6 is 24.8 Å². The second-order valence-corrected chi connectivity index (χ2v) is 4.26. The number of likely N-dealkylation sites (tertiary alicyclic amines) is 1. The van der Waals surface area contributed by atoms with Crippen molar-refractivity contribution in [2.75, 3.05) is 26.7 Å². The molecule has 1 N–H and O–H groups in total. The Morgan fingerprint density at radius 3 is 2.24 bits per heavy atom. The maximum absolute atomic E-state index is 3.40. The molecule has 0 amide bonds. The first-order valence-electron chi connectivity index (χ1n) is 5.84. The molecule has 1 aliphatic rings. The number of nitrogens with zero attached hydrogens (tertiary/aromatic N) is 1. The van der Waals surface area contributed by atoms with E-state index < -0.39 is 0 Å². The molecule has 1 aliphatic heterocycles. The Bertz CT molecular complexity index is 287. The zero-order valence-electron chi connectivity index (χ0n) is 10.3. The number of likely N-dealkylation sites (N-methyl/N-ethyl adjacent to an activating group) is 1. The van der Waals surface area contributed by atoms with E-state index in [9.17, 15) is 0 Å². The SMILES string of the molecule is CN[C@H](CN1CCCC1)c1ccccc1.Cl.Cl. The van der Waals surface area contributed by atoms with Crippen LogP contribution in [-0.4, -0.2) is 31.6 Å². The molecular weight excluding hydrogens is 255 g/mol. The molecule has 2 rings (SSSR count). The van der Waals surface area contributed by atoms with E-state index in [4.69, 9.17) is 0 Å². The summed E-state index contributed by atoms with van der Waals surface area (Å²) in [4.78, 5) is 2.55. The Labute approximate surface area is 117 Å². The summed E-state index contributed by atoms with van der Waals surface area (Å²) in [6, 6.07) is 11.2. The van der Waals surface area contributed by atoms with E-state index in [2.05, 4.69) is 40.5 Å². The van der Waals surface area contributed by atoms with Gasteiger partial charge in [-0.1, -0.05) is 30.3 Å². The molecule has 17 heavy (non-hydrogen) atoms. The second kappa shape index (κ2) is 8.76. The number of hydrogen-bond donors (Lipinski definition) is 1. The van der Waals surface area contributed by atoms with E-state index >= 15 is 0 Å². The quantitative estimate of drug-likeness (QED) is 0.910. The summed E-state index contributed by atoms with van der Waals surface area (Å²) in [5.41, 5.74) is 1.40. The van der Waals surface area contributed by atoms with Crippen molar-refractivity contribution in [1.29, 1.82) is 0 Å². The molecule has 1 aromatic rings. The number of halogens is 2. The minimum atomic E-state index is 0. The van der Waals surface area contributed by atoms with Gasteiger partial charge in [0.1, 0.15) is 0 Å². The van der Waals surface area contributed by atoms with Crippen molar-refractivity contribution in [3.63, 3.8) is 0 Å². The number of hydrogen-bond acceptors (Lipinski definition) is 2. The molecule has 1 atom stereocenters. The third-order valence-electron chi connectivity index (χ3n) is 3.19. The van der Waals surface area contributed by atoms with Gasteiger partial charge < -0.3 is 10.2 Å². The standard InChI is InChI=1S/C13H20N2.2ClH/c1-14-13(11-15-9-5-6-10-15)12-7-3-2-4-8-12;;/h2-4,7-8,13-14H,5-6,9-11H2,1H3;2*1H/t13-;;/m1../s1. The maximum Gasteiger partial charge on any atom is 0.0446 e. The normalized spacial score (nSPS) is 17.0. The minimum absolute atomic E-state index is 0. The fourth-order valence-electron chi connectivity index (χ4n) is 2.27.